The van der Waals surface area contributed by atoms with Crippen molar-refractivity contribution in [3.63, 3.8) is 0 Å². The molecule has 0 spiro atoms. The zero-order valence-electron chi connectivity index (χ0n) is 11.3. The highest BCUT2D eigenvalue weighted by Crippen LogP contribution is 2.19. The van der Waals surface area contributed by atoms with Gasteiger partial charge in [-0.25, -0.2) is 8.78 Å². The first-order chi connectivity index (χ1) is 9.49. The van der Waals surface area contributed by atoms with E-state index in [1.54, 1.807) is 6.07 Å². The standard InChI is InChI=1S/C14H16F2N2O2/c1-18(9-13(15)16)14(19)11-5-6-12(20-2)10(8-11)4-3-7-17/h5-6,8,13H,7,9,17H2,1-2H3. The van der Waals surface area contributed by atoms with Crippen molar-refractivity contribution in [2.45, 2.75) is 6.43 Å². The number of methoxy groups -OCH3 is 1. The van der Waals surface area contributed by atoms with Gasteiger partial charge in [-0.3, -0.25) is 4.79 Å². The van der Waals surface area contributed by atoms with Gasteiger partial charge in [-0.15, -0.1) is 0 Å². The van der Waals surface area contributed by atoms with Crippen LogP contribution in [0.4, 0.5) is 8.78 Å². The van der Waals surface area contributed by atoms with Crippen LogP contribution in [0.1, 0.15) is 15.9 Å². The second-order valence-electron chi connectivity index (χ2n) is 4.00. The molecule has 0 heterocycles. The summed E-state index contributed by atoms with van der Waals surface area (Å²) in [5, 5.41) is 0. The Balaban J connectivity index is 3.04. The van der Waals surface area contributed by atoms with Gasteiger partial charge in [0.05, 0.1) is 25.8 Å². The molecule has 6 heteroatoms. The molecule has 0 aliphatic rings. The minimum atomic E-state index is -2.57. The van der Waals surface area contributed by atoms with Crippen molar-refractivity contribution in [2.24, 2.45) is 5.73 Å². The van der Waals surface area contributed by atoms with E-state index in [2.05, 4.69) is 11.8 Å². The molecule has 108 valence electrons. The van der Waals surface area contributed by atoms with Crippen molar-refractivity contribution in [1.29, 1.82) is 0 Å². The zero-order valence-corrected chi connectivity index (χ0v) is 11.3. The summed E-state index contributed by atoms with van der Waals surface area (Å²) < 4.78 is 29.7. The number of alkyl halides is 2. The molecule has 4 nitrogen and oxygen atoms in total. The monoisotopic (exact) mass is 282 g/mol. The number of carbonyl (C=O) groups excluding carboxylic acids is 1. The maximum atomic E-state index is 12.3. The number of ether oxygens (including phenoxy) is 1. The van der Waals surface area contributed by atoms with Gasteiger partial charge < -0.3 is 15.4 Å². The van der Waals surface area contributed by atoms with Crippen LogP contribution in [-0.2, 0) is 0 Å². The van der Waals surface area contributed by atoms with Gasteiger partial charge in [0, 0.05) is 12.6 Å². The Morgan fingerprint density at radius 1 is 1.50 bits per heavy atom. The van der Waals surface area contributed by atoms with Crippen LogP contribution in [0.2, 0.25) is 0 Å². The number of nitrogens with zero attached hydrogens (tertiary/aromatic N) is 1. The third-order valence-corrected chi connectivity index (χ3v) is 2.53. The third kappa shape index (κ3) is 4.21. The van der Waals surface area contributed by atoms with Gasteiger partial charge in [-0.05, 0) is 18.2 Å². The first kappa shape index (κ1) is 15.9. The van der Waals surface area contributed by atoms with Gasteiger partial charge in [-0.2, -0.15) is 0 Å². The summed E-state index contributed by atoms with van der Waals surface area (Å²) in [7, 11) is 2.80. The van der Waals surface area contributed by atoms with Crippen LogP contribution in [0.3, 0.4) is 0 Å². The summed E-state index contributed by atoms with van der Waals surface area (Å²) >= 11 is 0. The molecule has 0 atom stereocenters. The van der Waals surface area contributed by atoms with Crippen LogP contribution in [-0.4, -0.2) is 44.5 Å². The van der Waals surface area contributed by atoms with E-state index in [-0.39, 0.29) is 12.1 Å². The predicted octanol–water partition coefficient (Wildman–Crippen LogP) is 1.34. The fourth-order valence-corrected chi connectivity index (χ4v) is 1.60. The molecule has 2 N–H and O–H groups in total. The second kappa shape index (κ2) is 7.46. The molecule has 0 bridgehead atoms. The Labute approximate surface area is 116 Å². The number of rotatable bonds is 4. The van der Waals surface area contributed by atoms with Crippen LogP contribution >= 0.6 is 0 Å². The number of hydrogen-bond donors (Lipinski definition) is 1. The van der Waals surface area contributed by atoms with E-state index in [9.17, 15) is 13.6 Å². The molecule has 1 rings (SSSR count). The Kier molecular flexibility index (Phi) is 5.94. The molecule has 1 aromatic carbocycles. The van der Waals surface area contributed by atoms with Gasteiger partial charge in [0.25, 0.3) is 12.3 Å². The maximum absolute atomic E-state index is 12.3. The number of benzene rings is 1. The van der Waals surface area contributed by atoms with Crippen LogP contribution in [0.5, 0.6) is 5.75 Å². The van der Waals surface area contributed by atoms with Gasteiger partial charge >= 0.3 is 0 Å². The Morgan fingerprint density at radius 3 is 2.75 bits per heavy atom. The van der Waals surface area contributed by atoms with Gasteiger partial charge in [0.1, 0.15) is 5.75 Å². The molecule has 0 aliphatic heterocycles. The van der Waals surface area contributed by atoms with E-state index in [0.717, 1.165) is 4.90 Å². The first-order valence-corrected chi connectivity index (χ1v) is 5.90. The summed E-state index contributed by atoms with van der Waals surface area (Å²) in [6, 6.07) is 4.59. The van der Waals surface area contributed by atoms with Crippen LogP contribution in [0.15, 0.2) is 18.2 Å². The first-order valence-electron chi connectivity index (χ1n) is 5.90. The number of nitrogens with two attached hydrogens (primary N) is 1. The second-order valence-corrected chi connectivity index (χ2v) is 4.00. The van der Waals surface area contributed by atoms with Gasteiger partial charge in [0.2, 0.25) is 0 Å². The zero-order chi connectivity index (χ0) is 15.1. The van der Waals surface area contributed by atoms with Crippen molar-refractivity contribution in [3.05, 3.63) is 29.3 Å². The van der Waals surface area contributed by atoms with E-state index >= 15 is 0 Å². The normalized spacial score (nSPS) is 9.90. The van der Waals surface area contributed by atoms with Crippen molar-refractivity contribution in [1.82, 2.24) is 4.90 Å². The summed E-state index contributed by atoms with van der Waals surface area (Å²) in [6.45, 7) is -0.443. The fourth-order valence-electron chi connectivity index (χ4n) is 1.60. The maximum Gasteiger partial charge on any atom is 0.255 e. The highest BCUT2D eigenvalue weighted by molar-refractivity contribution is 5.94. The highest BCUT2D eigenvalue weighted by Gasteiger charge is 2.17. The average Bonchev–Trinajstić information content (AvgIpc) is 2.43. The minimum Gasteiger partial charge on any atom is -0.495 e. The molecule has 0 aromatic heterocycles. The molecule has 0 saturated carbocycles. The lowest BCUT2D eigenvalue weighted by Crippen LogP contribution is -2.31. The van der Waals surface area contributed by atoms with E-state index in [1.807, 2.05) is 0 Å². The smallest absolute Gasteiger partial charge is 0.255 e. The molecule has 0 radical (unpaired) electrons. The Morgan fingerprint density at radius 2 is 2.20 bits per heavy atom. The van der Waals surface area contributed by atoms with E-state index in [0.29, 0.717) is 11.3 Å². The molecule has 20 heavy (non-hydrogen) atoms. The molecular formula is C14H16F2N2O2. The van der Waals surface area contributed by atoms with E-state index < -0.39 is 18.9 Å². The number of amides is 1. The summed E-state index contributed by atoms with van der Waals surface area (Å²) in [6.07, 6.45) is -2.57. The largest absolute Gasteiger partial charge is 0.495 e. The Hall–Kier alpha value is -2.13. The van der Waals surface area contributed by atoms with Crippen LogP contribution < -0.4 is 10.5 Å². The van der Waals surface area contributed by atoms with Gasteiger partial charge in [0.15, 0.2) is 0 Å². The quantitative estimate of drug-likeness (QED) is 0.848. The fraction of sp³-hybridized carbons (Fsp3) is 0.357. The summed E-state index contributed by atoms with van der Waals surface area (Å²) in [5.74, 6) is 5.44. The van der Waals surface area contributed by atoms with Crippen LogP contribution in [0, 0.1) is 11.8 Å². The van der Waals surface area contributed by atoms with E-state index in [1.165, 1.54) is 26.3 Å². The lowest BCUT2D eigenvalue weighted by atomic mass is 10.1. The van der Waals surface area contributed by atoms with Crippen molar-refractivity contribution < 1.29 is 18.3 Å². The third-order valence-electron chi connectivity index (χ3n) is 2.53. The van der Waals surface area contributed by atoms with Crippen molar-refractivity contribution in [3.8, 4) is 17.6 Å². The molecule has 0 unspecified atom stereocenters. The molecule has 0 fully saturated rings. The number of carbonyl (C=O) groups is 1. The molecule has 0 saturated heterocycles. The van der Waals surface area contributed by atoms with Gasteiger partial charge in [-0.1, -0.05) is 11.8 Å². The summed E-state index contributed by atoms with van der Waals surface area (Å²) in [4.78, 5) is 12.9. The lowest BCUT2D eigenvalue weighted by Gasteiger charge is -2.17. The topological polar surface area (TPSA) is 55.6 Å². The van der Waals surface area contributed by atoms with E-state index in [4.69, 9.17) is 10.5 Å². The molecule has 0 aliphatic carbocycles. The average molecular weight is 282 g/mol. The minimum absolute atomic E-state index is 0.173. The molecule has 1 aromatic rings. The van der Waals surface area contributed by atoms with Crippen molar-refractivity contribution >= 4 is 5.91 Å². The molecular weight excluding hydrogens is 266 g/mol. The Bertz CT molecular complexity index is 536. The SMILES string of the molecule is COc1ccc(C(=O)N(C)CC(F)F)cc1C#CCN. The number of hydrogen-bond acceptors (Lipinski definition) is 3. The summed E-state index contributed by atoms with van der Waals surface area (Å²) in [5.41, 5.74) is 6.06. The van der Waals surface area contributed by atoms with Crippen LogP contribution in [0.25, 0.3) is 0 Å². The molecule has 1 amide bonds. The lowest BCUT2D eigenvalue weighted by molar-refractivity contribution is 0.0620. The number of halogens is 2. The predicted molar refractivity (Wildman–Crippen MR) is 71.9 cm³/mol. The van der Waals surface area contributed by atoms with Crippen molar-refractivity contribution in [2.75, 3.05) is 27.2 Å². The highest BCUT2D eigenvalue weighted by atomic mass is 19.3.